The molecule has 1 amide bonds. The molecule has 4 rings (SSSR count). The van der Waals surface area contributed by atoms with Crippen molar-refractivity contribution in [3.8, 4) is 0 Å². The van der Waals surface area contributed by atoms with Crippen molar-refractivity contribution in [3.63, 3.8) is 0 Å². The van der Waals surface area contributed by atoms with E-state index >= 15 is 0 Å². The number of halogens is 1. The lowest BCUT2D eigenvalue weighted by Gasteiger charge is -2.24. The van der Waals surface area contributed by atoms with E-state index in [0.29, 0.717) is 9.90 Å². The lowest BCUT2D eigenvalue weighted by atomic mass is 10.1. The Bertz CT molecular complexity index is 854. The van der Waals surface area contributed by atoms with E-state index in [1.807, 2.05) is 36.7 Å². The molecule has 22 heavy (non-hydrogen) atoms. The number of amides is 1. The van der Waals surface area contributed by atoms with Crippen LogP contribution in [0.15, 0.2) is 36.7 Å². The van der Waals surface area contributed by atoms with E-state index in [1.165, 1.54) is 11.3 Å². The lowest BCUT2D eigenvalue weighted by Crippen LogP contribution is -2.40. The van der Waals surface area contributed by atoms with Crippen LogP contribution in [0.1, 0.15) is 21.9 Å². The molecule has 1 aromatic carbocycles. The molecular formula is C16H14ClN3OS. The number of imidazole rings is 1. The standard InChI is InChI=1S/C16H14ClN3OS/c17-14-11-3-1-2-4-12(11)22-15(14)16(21)19-10-5-6-13-18-7-8-20(13)9-10/h1-4,7-8,10H,5-6,9H2,(H,19,21)/t10-/m1/s1. The van der Waals surface area contributed by atoms with E-state index in [9.17, 15) is 4.79 Å². The van der Waals surface area contributed by atoms with Crippen molar-refractivity contribution in [2.45, 2.75) is 25.4 Å². The predicted octanol–water partition coefficient (Wildman–Crippen LogP) is 3.50. The van der Waals surface area contributed by atoms with E-state index in [2.05, 4.69) is 14.9 Å². The van der Waals surface area contributed by atoms with Crippen LogP contribution in [-0.2, 0) is 13.0 Å². The molecule has 0 saturated heterocycles. The maximum atomic E-state index is 12.5. The molecule has 0 aliphatic carbocycles. The first-order valence-corrected chi connectivity index (χ1v) is 8.40. The van der Waals surface area contributed by atoms with E-state index < -0.39 is 0 Å². The fraction of sp³-hybridized carbons (Fsp3) is 0.250. The molecule has 4 nitrogen and oxygen atoms in total. The van der Waals surface area contributed by atoms with Gasteiger partial charge < -0.3 is 9.88 Å². The SMILES string of the molecule is O=C(N[C@@H]1CCc2nccn2C1)c1sc2ccccc2c1Cl. The molecule has 2 aromatic heterocycles. The van der Waals surface area contributed by atoms with Crippen molar-refractivity contribution in [1.82, 2.24) is 14.9 Å². The number of thiophene rings is 1. The van der Waals surface area contributed by atoms with Gasteiger partial charge in [-0.25, -0.2) is 4.98 Å². The normalized spacial score (nSPS) is 17.4. The lowest BCUT2D eigenvalue weighted by molar-refractivity contribution is 0.0932. The van der Waals surface area contributed by atoms with Crippen molar-refractivity contribution in [3.05, 3.63) is 52.4 Å². The Morgan fingerprint density at radius 3 is 3.14 bits per heavy atom. The van der Waals surface area contributed by atoms with Gasteiger partial charge in [-0.3, -0.25) is 4.79 Å². The summed E-state index contributed by atoms with van der Waals surface area (Å²) in [4.78, 5) is 17.4. The summed E-state index contributed by atoms with van der Waals surface area (Å²) in [7, 11) is 0. The van der Waals surface area contributed by atoms with Crippen molar-refractivity contribution in [2.75, 3.05) is 0 Å². The topological polar surface area (TPSA) is 46.9 Å². The van der Waals surface area contributed by atoms with Crippen LogP contribution in [0.3, 0.4) is 0 Å². The fourth-order valence-corrected chi connectivity index (χ4v) is 4.32. The Morgan fingerprint density at radius 1 is 1.41 bits per heavy atom. The Labute approximate surface area is 136 Å². The average Bonchev–Trinajstić information content (AvgIpc) is 3.12. The third-order valence-corrected chi connectivity index (χ3v) is 5.69. The number of nitrogens with one attached hydrogen (secondary N) is 1. The highest BCUT2D eigenvalue weighted by atomic mass is 35.5. The van der Waals surface area contributed by atoms with Gasteiger partial charge in [0.25, 0.3) is 5.91 Å². The number of hydrogen-bond donors (Lipinski definition) is 1. The zero-order valence-corrected chi connectivity index (χ0v) is 13.3. The molecule has 0 saturated carbocycles. The molecule has 0 radical (unpaired) electrons. The maximum Gasteiger partial charge on any atom is 0.263 e. The maximum absolute atomic E-state index is 12.5. The summed E-state index contributed by atoms with van der Waals surface area (Å²) in [6, 6.07) is 7.95. The van der Waals surface area contributed by atoms with Crippen molar-refractivity contribution < 1.29 is 4.79 Å². The first-order valence-electron chi connectivity index (χ1n) is 7.20. The Hall–Kier alpha value is -1.85. The summed E-state index contributed by atoms with van der Waals surface area (Å²) in [6.45, 7) is 0.767. The number of hydrogen-bond acceptors (Lipinski definition) is 3. The largest absolute Gasteiger partial charge is 0.347 e. The molecule has 0 unspecified atom stereocenters. The minimum Gasteiger partial charge on any atom is -0.347 e. The second-order valence-electron chi connectivity index (χ2n) is 5.45. The minimum absolute atomic E-state index is 0.0836. The number of carbonyl (C=O) groups is 1. The van der Waals surface area contributed by atoms with Gasteiger partial charge in [0.05, 0.1) is 5.02 Å². The van der Waals surface area contributed by atoms with Gasteiger partial charge in [0.15, 0.2) is 0 Å². The van der Waals surface area contributed by atoms with Crippen LogP contribution < -0.4 is 5.32 Å². The number of benzene rings is 1. The summed E-state index contributed by atoms with van der Waals surface area (Å²) in [6.07, 6.45) is 5.56. The first-order chi connectivity index (χ1) is 10.7. The van der Waals surface area contributed by atoms with Gasteiger partial charge in [0.2, 0.25) is 0 Å². The summed E-state index contributed by atoms with van der Waals surface area (Å²) in [5, 5.41) is 4.60. The highest BCUT2D eigenvalue weighted by Gasteiger charge is 2.23. The average molecular weight is 332 g/mol. The molecule has 1 N–H and O–H groups in total. The Balaban J connectivity index is 1.56. The fourth-order valence-electron chi connectivity index (χ4n) is 2.90. The van der Waals surface area contributed by atoms with Crippen LogP contribution in [0.2, 0.25) is 5.02 Å². The van der Waals surface area contributed by atoms with Gasteiger partial charge in [-0.2, -0.15) is 0 Å². The molecule has 0 bridgehead atoms. The Morgan fingerprint density at radius 2 is 2.27 bits per heavy atom. The van der Waals surface area contributed by atoms with Crippen molar-refractivity contribution >= 4 is 38.9 Å². The Kier molecular flexibility index (Phi) is 3.39. The first kappa shape index (κ1) is 13.8. The molecule has 1 aliphatic rings. The number of nitrogens with zero attached hydrogens (tertiary/aromatic N) is 2. The molecule has 0 spiro atoms. The quantitative estimate of drug-likeness (QED) is 0.781. The van der Waals surface area contributed by atoms with Gasteiger partial charge in [0.1, 0.15) is 10.7 Å². The van der Waals surface area contributed by atoms with Gasteiger partial charge in [-0.1, -0.05) is 29.8 Å². The van der Waals surface area contributed by atoms with Gasteiger partial charge >= 0.3 is 0 Å². The summed E-state index contributed by atoms with van der Waals surface area (Å²) in [5.74, 6) is 1.00. The molecule has 112 valence electrons. The van der Waals surface area contributed by atoms with Crippen LogP contribution in [0.4, 0.5) is 0 Å². The zero-order chi connectivity index (χ0) is 15.1. The molecule has 1 aliphatic heterocycles. The minimum atomic E-state index is -0.0836. The van der Waals surface area contributed by atoms with Crippen LogP contribution >= 0.6 is 22.9 Å². The summed E-state index contributed by atoms with van der Waals surface area (Å²) >= 11 is 7.81. The second kappa shape index (κ2) is 5.41. The predicted molar refractivity (Wildman–Crippen MR) is 88.6 cm³/mol. The smallest absolute Gasteiger partial charge is 0.263 e. The summed E-state index contributed by atoms with van der Waals surface area (Å²) < 4.78 is 3.14. The van der Waals surface area contributed by atoms with E-state index in [4.69, 9.17) is 11.6 Å². The van der Waals surface area contributed by atoms with Crippen LogP contribution in [0.5, 0.6) is 0 Å². The van der Waals surface area contributed by atoms with E-state index in [1.54, 1.807) is 0 Å². The van der Waals surface area contributed by atoms with Crippen LogP contribution in [0.25, 0.3) is 10.1 Å². The summed E-state index contributed by atoms with van der Waals surface area (Å²) in [5.41, 5.74) is 0. The van der Waals surface area contributed by atoms with Gasteiger partial charge in [-0.15, -0.1) is 11.3 Å². The van der Waals surface area contributed by atoms with Gasteiger partial charge in [-0.05, 0) is 12.5 Å². The van der Waals surface area contributed by atoms with Crippen molar-refractivity contribution in [1.29, 1.82) is 0 Å². The number of rotatable bonds is 2. The van der Waals surface area contributed by atoms with E-state index in [-0.39, 0.29) is 11.9 Å². The van der Waals surface area contributed by atoms with E-state index in [0.717, 1.165) is 35.3 Å². The third-order valence-electron chi connectivity index (χ3n) is 4.01. The molecule has 3 heterocycles. The van der Waals surface area contributed by atoms with Crippen LogP contribution in [0, 0.1) is 0 Å². The highest BCUT2D eigenvalue weighted by molar-refractivity contribution is 7.21. The van der Waals surface area contributed by atoms with Crippen molar-refractivity contribution in [2.24, 2.45) is 0 Å². The highest BCUT2D eigenvalue weighted by Crippen LogP contribution is 2.35. The zero-order valence-electron chi connectivity index (χ0n) is 11.8. The third kappa shape index (κ3) is 2.30. The van der Waals surface area contributed by atoms with Crippen LogP contribution in [-0.4, -0.2) is 21.5 Å². The number of aryl methyl sites for hydroxylation is 1. The molecule has 0 fully saturated rings. The monoisotopic (exact) mass is 331 g/mol. The van der Waals surface area contributed by atoms with Gasteiger partial charge in [0, 0.05) is 41.5 Å². The second-order valence-corrected chi connectivity index (χ2v) is 6.88. The molecule has 1 atom stereocenters. The molecule has 6 heteroatoms. The number of aromatic nitrogens is 2. The number of carbonyl (C=O) groups excluding carboxylic acids is 1. The molecular weight excluding hydrogens is 318 g/mol. The number of fused-ring (bicyclic) bond motifs is 2. The molecule has 3 aromatic rings.